The fourth-order valence-electron chi connectivity index (χ4n) is 1.37. The number of hydrogen-bond acceptors (Lipinski definition) is 3. The molecule has 0 bridgehead atoms. The smallest absolute Gasteiger partial charge is 0.315 e. The number of carbonyl (C=O) groups is 2. The van der Waals surface area contributed by atoms with Crippen molar-refractivity contribution in [1.82, 2.24) is 0 Å². The van der Waals surface area contributed by atoms with E-state index in [1.807, 2.05) is 19.1 Å². The van der Waals surface area contributed by atoms with Crippen molar-refractivity contribution in [3.05, 3.63) is 47.2 Å². The fraction of sp³-hybridized carbons (Fsp3) is 0.167. The molecule has 15 heavy (non-hydrogen) atoms. The second-order valence-electron chi connectivity index (χ2n) is 3.44. The molecule has 2 rings (SSSR count). The van der Waals surface area contributed by atoms with Crippen LogP contribution >= 0.6 is 0 Å². The molecule has 0 radical (unpaired) electrons. The number of rotatable bonds is 2. The van der Waals surface area contributed by atoms with Gasteiger partial charge in [-0.3, -0.25) is 9.59 Å². The van der Waals surface area contributed by atoms with Crippen molar-refractivity contribution in [1.29, 1.82) is 0 Å². The minimum absolute atomic E-state index is 0.142. The Bertz CT molecular complexity index is 440. The highest BCUT2D eigenvalue weighted by Crippen LogP contribution is 2.16. The van der Waals surface area contributed by atoms with Crippen LogP contribution in [0, 0.1) is 6.92 Å². The van der Waals surface area contributed by atoms with Crippen LogP contribution in [-0.4, -0.2) is 11.8 Å². The molecule has 0 saturated heterocycles. The molecule has 0 aliphatic carbocycles. The summed E-state index contributed by atoms with van der Waals surface area (Å²) < 4.78 is 4.78. The first kappa shape index (κ1) is 9.65. The maximum absolute atomic E-state index is 11.8. The molecule has 3 nitrogen and oxygen atoms in total. The average Bonchev–Trinajstić information content (AvgIpc) is 2.65. The lowest BCUT2D eigenvalue weighted by Crippen LogP contribution is -2.05. The number of carbonyl (C=O) groups excluding carboxylic acids is 2. The van der Waals surface area contributed by atoms with Gasteiger partial charge in [-0.25, -0.2) is 0 Å². The van der Waals surface area contributed by atoms with Crippen molar-refractivity contribution in [3.8, 4) is 0 Å². The zero-order valence-electron chi connectivity index (χ0n) is 8.32. The van der Waals surface area contributed by atoms with Gasteiger partial charge in [0.1, 0.15) is 0 Å². The lowest BCUT2D eigenvalue weighted by atomic mass is 10.1. The third kappa shape index (κ3) is 1.96. The van der Waals surface area contributed by atoms with E-state index in [0.717, 1.165) is 5.56 Å². The minimum Gasteiger partial charge on any atom is -0.422 e. The van der Waals surface area contributed by atoms with Crippen molar-refractivity contribution in [3.63, 3.8) is 0 Å². The summed E-state index contributed by atoms with van der Waals surface area (Å²) in [6.07, 6.45) is 1.71. The van der Waals surface area contributed by atoms with Gasteiger partial charge < -0.3 is 4.74 Å². The van der Waals surface area contributed by atoms with Crippen molar-refractivity contribution >= 4 is 11.8 Å². The first-order chi connectivity index (χ1) is 7.16. The molecule has 1 aliphatic heterocycles. The largest absolute Gasteiger partial charge is 0.422 e. The Labute approximate surface area is 87.4 Å². The number of cyclic esters (lactones) is 1. The van der Waals surface area contributed by atoms with Crippen molar-refractivity contribution < 1.29 is 14.3 Å². The van der Waals surface area contributed by atoms with Gasteiger partial charge in [-0.15, -0.1) is 0 Å². The molecule has 0 aromatic heterocycles. The van der Waals surface area contributed by atoms with Gasteiger partial charge in [0, 0.05) is 5.56 Å². The predicted molar refractivity (Wildman–Crippen MR) is 54.3 cm³/mol. The summed E-state index contributed by atoms with van der Waals surface area (Å²) in [5, 5.41) is 0. The number of aryl methyl sites for hydroxylation is 1. The molecule has 1 aromatic rings. The maximum Gasteiger partial charge on any atom is 0.315 e. The molecule has 0 amide bonds. The van der Waals surface area contributed by atoms with Crippen LogP contribution in [0.2, 0.25) is 0 Å². The van der Waals surface area contributed by atoms with Crippen LogP contribution in [0.3, 0.4) is 0 Å². The van der Waals surface area contributed by atoms with Crippen LogP contribution in [0.25, 0.3) is 0 Å². The first-order valence-corrected chi connectivity index (χ1v) is 4.69. The zero-order chi connectivity index (χ0) is 10.8. The van der Waals surface area contributed by atoms with E-state index in [0.29, 0.717) is 5.56 Å². The summed E-state index contributed by atoms with van der Waals surface area (Å²) >= 11 is 0. The normalized spacial score (nSPS) is 14.7. The van der Waals surface area contributed by atoms with Gasteiger partial charge in [0.2, 0.25) is 5.78 Å². The number of esters is 1. The molecular weight excluding hydrogens is 192 g/mol. The first-order valence-electron chi connectivity index (χ1n) is 4.69. The topological polar surface area (TPSA) is 43.4 Å². The second kappa shape index (κ2) is 3.69. The fourth-order valence-corrected chi connectivity index (χ4v) is 1.37. The third-order valence-electron chi connectivity index (χ3n) is 2.22. The minimum atomic E-state index is -0.370. The van der Waals surface area contributed by atoms with Gasteiger partial charge in [0.05, 0.1) is 6.42 Å². The number of ketones is 1. The highest BCUT2D eigenvalue weighted by Gasteiger charge is 2.21. The number of ether oxygens (including phenoxy) is 1. The molecule has 0 atom stereocenters. The number of hydrogen-bond donors (Lipinski definition) is 0. The van der Waals surface area contributed by atoms with Crippen molar-refractivity contribution in [2.24, 2.45) is 0 Å². The van der Waals surface area contributed by atoms with E-state index < -0.39 is 0 Å². The van der Waals surface area contributed by atoms with Gasteiger partial charge in [0.15, 0.2) is 5.76 Å². The summed E-state index contributed by atoms with van der Waals surface area (Å²) in [5.41, 5.74) is 1.63. The Kier molecular flexibility index (Phi) is 2.37. The molecule has 76 valence electrons. The third-order valence-corrected chi connectivity index (χ3v) is 2.22. The average molecular weight is 202 g/mol. The van der Waals surface area contributed by atoms with Crippen LogP contribution in [0.15, 0.2) is 36.1 Å². The van der Waals surface area contributed by atoms with Gasteiger partial charge in [-0.2, -0.15) is 0 Å². The summed E-state index contributed by atoms with van der Waals surface area (Å²) in [4.78, 5) is 22.6. The van der Waals surface area contributed by atoms with Crippen molar-refractivity contribution in [2.45, 2.75) is 13.3 Å². The molecule has 0 saturated carbocycles. The van der Waals surface area contributed by atoms with E-state index in [1.165, 1.54) is 6.08 Å². The Hall–Kier alpha value is -1.90. The zero-order valence-corrected chi connectivity index (χ0v) is 8.32. The van der Waals surface area contributed by atoms with E-state index in [2.05, 4.69) is 0 Å². The Balaban J connectivity index is 2.22. The number of Topliss-reactive ketones (excluding diaryl/α,β-unsaturated/α-hetero) is 1. The van der Waals surface area contributed by atoms with Gasteiger partial charge in [0.25, 0.3) is 0 Å². The summed E-state index contributed by atoms with van der Waals surface area (Å²) in [6, 6.07) is 7.16. The highest BCUT2D eigenvalue weighted by atomic mass is 16.5. The number of benzene rings is 1. The van der Waals surface area contributed by atoms with Gasteiger partial charge in [-0.05, 0) is 13.0 Å². The lowest BCUT2D eigenvalue weighted by Gasteiger charge is -2.01. The Morgan fingerprint density at radius 1 is 1.27 bits per heavy atom. The molecule has 0 N–H and O–H groups in total. The molecule has 1 aliphatic rings. The Morgan fingerprint density at radius 2 is 1.93 bits per heavy atom. The van der Waals surface area contributed by atoms with Crippen LogP contribution in [0.5, 0.6) is 0 Å². The monoisotopic (exact) mass is 202 g/mol. The predicted octanol–water partition coefficient (Wildman–Crippen LogP) is 2.01. The quantitative estimate of drug-likeness (QED) is 0.544. The summed E-state index contributed by atoms with van der Waals surface area (Å²) in [6.45, 7) is 1.95. The molecule has 1 heterocycles. The van der Waals surface area contributed by atoms with E-state index in [-0.39, 0.29) is 23.9 Å². The SMILES string of the molecule is Cc1ccc(C(=O)C2=CCC(=O)O2)cc1. The van der Waals surface area contributed by atoms with E-state index >= 15 is 0 Å². The summed E-state index contributed by atoms with van der Waals surface area (Å²) in [5.74, 6) is -0.463. The van der Waals surface area contributed by atoms with Crippen LogP contribution in [0.1, 0.15) is 22.3 Å². The lowest BCUT2D eigenvalue weighted by molar-refractivity contribution is -0.136. The molecule has 0 fully saturated rings. The molecular formula is C12H10O3. The van der Waals surface area contributed by atoms with Crippen LogP contribution < -0.4 is 0 Å². The van der Waals surface area contributed by atoms with Gasteiger partial charge in [-0.1, -0.05) is 29.8 Å². The highest BCUT2D eigenvalue weighted by molar-refractivity contribution is 6.09. The molecule has 1 aromatic carbocycles. The van der Waals surface area contributed by atoms with Gasteiger partial charge >= 0.3 is 5.97 Å². The Morgan fingerprint density at radius 3 is 2.47 bits per heavy atom. The van der Waals surface area contributed by atoms with E-state index in [4.69, 9.17) is 4.74 Å². The standard InChI is InChI=1S/C12H10O3/c1-8-2-4-9(5-3-8)12(14)10-6-7-11(13)15-10/h2-6H,7H2,1H3. The van der Waals surface area contributed by atoms with Crippen LogP contribution in [-0.2, 0) is 9.53 Å². The summed E-state index contributed by atoms with van der Waals surface area (Å²) in [7, 11) is 0. The molecule has 0 unspecified atom stereocenters. The molecule has 0 spiro atoms. The molecule has 3 heteroatoms. The van der Waals surface area contributed by atoms with E-state index in [9.17, 15) is 9.59 Å². The van der Waals surface area contributed by atoms with Crippen LogP contribution in [0.4, 0.5) is 0 Å². The maximum atomic E-state index is 11.8. The second-order valence-corrected chi connectivity index (χ2v) is 3.44. The van der Waals surface area contributed by atoms with E-state index in [1.54, 1.807) is 12.1 Å². The number of allylic oxidation sites excluding steroid dienone is 1. The van der Waals surface area contributed by atoms with Crippen molar-refractivity contribution in [2.75, 3.05) is 0 Å².